The molecule has 2 rings (SSSR count). The third-order valence-electron chi connectivity index (χ3n) is 3.28. The zero-order valence-corrected chi connectivity index (χ0v) is 11.4. The predicted octanol–water partition coefficient (Wildman–Crippen LogP) is 1.81. The predicted molar refractivity (Wildman–Crippen MR) is 76.2 cm³/mol. The molecule has 1 aromatic carbocycles. The molecule has 0 unspecified atom stereocenters. The van der Waals surface area contributed by atoms with Crippen LogP contribution in [0.3, 0.4) is 0 Å². The van der Waals surface area contributed by atoms with Crippen molar-refractivity contribution in [2.24, 2.45) is 5.92 Å². The number of anilines is 1. The first-order valence-electron chi connectivity index (χ1n) is 6.87. The van der Waals surface area contributed by atoms with Crippen LogP contribution in [-0.2, 0) is 16.0 Å². The molecule has 2 N–H and O–H groups in total. The van der Waals surface area contributed by atoms with Gasteiger partial charge >= 0.3 is 0 Å². The second-order valence-electron chi connectivity index (χ2n) is 5.02. The van der Waals surface area contributed by atoms with Crippen molar-refractivity contribution in [3.63, 3.8) is 0 Å². The van der Waals surface area contributed by atoms with Gasteiger partial charge in [-0.15, -0.1) is 0 Å². The summed E-state index contributed by atoms with van der Waals surface area (Å²) in [7, 11) is 1.68. The number of ether oxygens (including phenoxy) is 1. The molecular formula is C15H22N2O2. The molecular weight excluding hydrogens is 240 g/mol. The van der Waals surface area contributed by atoms with Gasteiger partial charge in [0, 0.05) is 12.8 Å². The monoisotopic (exact) mass is 262 g/mol. The van der Waals surface area contributed by atoms with E-state index in [4.69, 9.17) is 4.74 Å². The van der Waals surface area contributed by atoms with Gasteiger partial charge in [-0.1, -0.05) is 18.2 Å². The minimum absolute atomic E-state index is 0.0190. The summed E-state index contributed by atoms with van der Waals surface area (Å²) < 4.78 is 5.08. The molecule has 0 heterocycles. The van der Waals surface area contributed by atoms with Gasteiger partial charge in [0.25, 0.3) is 0 Å². The lowest BCUT2D eigenvalue weighted by Gasteiger charge is -2.11. The van der Waals surface area contributed by atoms with Crippen LogP contribution in [0.5, 0.6) is 0 Å². The van der Waals surface area contributed by atoms with Crippen molar-refractivity contribution in [2.45, 2.75) is 19.3 Å². The summed E-state index contributed by atoms with van der Waals surface area (Å²) in [6.45, 7) is 2.00. The van der Waals surface area contributed by atoms with Crippen molar-refractivity contribution in [1.29, 1.82) is 0 Å². The summed E-state index contributed by atoms with van der Waals surface area (Å²) >= 11 is 0. The zero-order chi connectivity index (χ0) is 13.5. The van der Waals surface area contributed by atoms with E-state index in [0.29, 0.717) is 13.2 Å². The van der Waals surface area contributed by atoms with Gasteiger partial charge in [0.15, 0.2) is 0 Å². The third-order valence-corrected chi connectivity index (χ3v) is 3.28. The topological polar surface area (TPSA) is 50.4 Å². The van der Waals surface area contributed by atoms with Gasteiger partial charge in [-0.05, 0) is 43.4 Å². The molecule has 0 spiro atoms. The third kappa shape index (κ3) is 5.01. The molecule has 4 nitrogen and oxygen atoms in total. The minimum atomic E-state index is 0.0190. The van der Waals surface area contributed by atoms with Crippen molar-refractivity contribution in [1.82, 2.24) is 5.32 Å². The highest BCUT2D eigenvalue weighted by Crippen LogP contribution is 2.27. The fourth-order valence-corrected chi connectivity index (χ4v) is 1.98. The number of hydrogen-bond donors (Lipinski definition) is 2. The Kier molecular flexibility index (Phi) is 5.36. The summed E-state index contributed by atoms with van der Waals surface area (Å²) in [5.41, 5.74) is 2.00. The fourth-order valence-electron chi connectivity index (χ4n) is 1.98. The van der Waals surface area contributed by atoms with E-state index in [0.717, 1.165) is 30.1 Å². The van der Waals surface area contributed by atoms with Crippen LogP contribution in [0.2, 0.25) is 0 Å². The van der Waals surface area contributed by atoms with Crippen LogP contribution in [0.25, 0.3) is 0 Å². The highest BCUT2D eigenvalue weighted by Gasteiger charge is 2.20. The Morgan fingerprint density at radius 2 is 2.16 bits per heavy atom. The second kappa shape index (κ2) is 7.26. The maximum atomic E-state index is 11.8. The average molecular weight is 262 g/mol. The Labute approximate surface area is 114 Å². The van der Waals surface area contributed by atoms with Crippen molar-refractivity contribution in [3.05, 3.63) is 29.8 Å². The van der Waals surface area contributed by atoms with Crippen molar-refractivity contribution < 1.29 is 9.53 Å². The van der Waals surface area contributed by atoms with Crippen molar-refractivity contribution in [2.75, 3.05) is 32.1 Å². The lowest BCUT2D eigenvalue weighted by Crippen LogP contribution is -2.29. The van der Waals surface area contributed by atoms with Gasteiger partial charge in [-0.3, -0.25) is 4.79 Å². The molecule has 0 bridgehead atoms. The van der Waals surface area contributed by atoms with Crippen molar-refractivity contribution >= 4 is 11.6 Å². The van der Waals surface area contributed by atoms with Crippen LogP contribution in [0.1, 0.15) is 18.4 Å². The van der Waals surface area contributed by atoms with Crippen LogP contribution in [0, 0.1) is 5.92 Å². The first kappa shape index (κ1) is 14.0. The number of para-hydroxylation sites is 1. The van der Waals surface area contributed by atoms with Gasteiger partial charge in [-0.25, -0.2) is 0 Å². The Hall–Kier alpha value is -1.39. The first-order valence-corrected chi connectivity index (χ1v) is 6.87. The molecule has 1 fully saturated rings. The Bertz CT molecular complexity index is 416. The summed E-state index contributed by atoms with van der Waals surface area (Å²) in [5.74, 6) is 0.812. The Morgan fingerprint density at radius 1 is 1.37 bits per heavy atom. The number of methoxy groups -OCH3 is 1. The number of amides is 1. The molecule has 0 atom stereocenters. The number of hydrogen-bond acceptors (Lipinski definition) is 3. The molecule has 0 aliphatic heterocycles. The second-order valence-corrected chi connectivity index (χ2v) is 5.02. The van der Waals surface area contributed by atoms with Crippen LogP contribution < -0.4 is 10.6 Å². The average Bonchev–Trinajstić information content (AvgIpc) is 3.22. The van der Waals surface area contributed by atoms with E-state index >= 15 is 0 Å². The summed E-state index contributed by atoms with van der Waals surface area (Å²) in [6, 6.07) is 7.87. The molecule has 4 heteroatoms. The quantitative estimate of drug-likeness (QED) is 0.751. The molecule has 0 aromatic heterocycles. The molecule has 0 saturated heterocycles. The van der Waals surface area contributed by atoms with Gasteiger partial charge in [0.05, 0.1) is 13.2 Å². The number of rotatable bonds is 8. The molecule has 19 heavy (non-hydrogen) atoms. The van der Waals surface area contributed by atoms with Gasteiger partial charge in [0.2, 0.25) is 5.91 Å². The highest BCUT2D eigenvalue weighted by atomic mass is 16.5. The van der Waals surface area contributed by atoms with E-state index in [1.807, 2.05) is 24.3 Å². The van der Waals surface area contributed by atoms with E-state index in [1.165, 1.54) is 12.8 Å². The van der Waals surface area contributed by atoms with E-state index in [9.17, 15) is 4.79 Å². The fraction of sp³-hybridized carbons (Fsp3) is 0.533. The first-order chi connectivity index (χ1) is 9.29. The number of carbonyl (C=O) groups excluding carboxylic acids is 1. The number of benzene rings is 1. The Morgan fingerprint density at radius 3 is 2.89 bits per heavy atom. The molecule has 0 radical (unpaired) electrons. The van der Waals surface area contributed by atoms with Crippen LogP contribution in [0.15, 0.2) is 24.3 Å². The number of nitrogens with one attached hydrogen (secondary N) is 2. The van der Waals surface area contributed by atoms with E-state index in [2.05, 4.69) is 10.6 Å². The van der Waals surface area contributed by atoms with Crippen LogP contribution >= 0.6 is 0 Å². The normalized spacial score (nSPS) is 14.4. The minimum Gasteiger partial charge on any atom is -0.384 e. The van der Waals surface area contributed by atoms with Gasteiger partial charge < -0.3 is 15.4 Å². The van der Waals surface area contributed by atoms with Crippen molar-refractivity contribution in [3.8, 4) is 0 Å². The van der Waals surface area contributed by atoms with E-state index in [1.54, 1.807) is 7.11 Å². The SMILES string of the molecule is COCCc1ccccc1NC(=O)CNCC1CC1. The van der Waals surface area contributed by atoms with E-state index in [-0.39, 0.29) is 5.91 Å². The van der Waals surface area contributed by atoms with Crippen LogP contribution in [-0.4, -0.2) is 32.7 Å². The molecule has 1 saturated carbocycles. The number of carbonyl (C=O) groups is 1. The smallest absolute Gasteiger partial charge is 0.238 e. The van der Waals surface area contributed by atoms with Crippen LogP contribution in [0.4, 0.5) is 5.69 Å². The summed E-state index contributed by atoms with van der Waals surface area (Å²) in [4.78, 5) is 11.8. The lowest BCUT2D eigenvalue weighted by molar-refractivity contribution is -0.115. The standard InChI is InChI=1S/C15H22N2O2/c1-19-9-8-13-4-2-3-5-14(13)17-15(18)11-16-10-12-6-7-12/h2-5,12,16H,6-11H2,1H3,(H,17,18). The highest BCUT2D eigenvalue weighted by molar-refractivity contribution is 5.92. The maximum Gasteiger partial charge on any atom is 0.238 e. The zero-order valence-electron chi connectivity index (χ0n) is 11.4. The van der Waals surface area contributed by atoms with Gasteiger partial charge in [-0.2, -0.15) is 0 Å². The lowest BCUT2D eigenvalue weighted by atomic mass is 10.1. The van der Waals surface area contributed by atoms with E-state index < -0.39 is 0 Å². The molecule has 1 aliphatic carbocycles. The largest absolute Gasteiger partial charge is 0.384 e. The Balaban J connectivity index is 1.80. The molecule has 1 aliphatic rings. The summed E-state index contributed by atoms with van der Waals surface area (Å²) in [5, 5.41) is 6.15. The summed E-state index contributed by atoms with van der Waals surface area (Å²) in [6.07, 6.45) is 3.41. The molecule has 104 valence electrons. The molecule has 1 aromatic rings. The van der Waals surface area contributed by atoms with Gasteiger partial charge in [0.1, 0.15) is 0 Å². The maximum absolute atomic E-state index is 11.8. The molecule has 1 amide bonds.